The molecule has 7 heteroatoms. The molecule has 5 nitrogen and oxygen atoms in total. The lowest BCUT2D eigenvalue weighted by Gasteiger charge is -2.04. The number of nitrogens with one attached hydrogen (secondary N) is 2. The van der Waals surface area contributed by atoms with Gasteiger partial charge in [-0.05, 0) is 19.1 Å². The van der Waals surface area contributed by atoms with Gasteiger partial charge < -0.3 is 16.4 Å². The first-order valence-electron chi connectivity index (χ1n) is 6.56. The van der Waals surface area contributed by atoms with Gasteiger partial charge in [0.05, 0.1) is 5.69 Å². The standard InChI is InChI=1S/C14H16BrN3O2S/c1-2-17-10(19)6-7-18-14(20)13-12(16)11-8(15)4-3-5-9(11)21-13/h3-5H,2,6-7,16H2,1H3,(H,17,19)(H,18,20). The number of carbonyl (C=O) groups excluding carboxylic acids is 2. The molecule has 0 radical (unpaired) electrons. The van der Waals surface area contributed by atoms with Crippen molar-refractivity contribution in [2.45, 2.75) is 13.3 Å². The Kier molecular flexibility index (Phi) is 5.19. The lowest BCUT2D eigenvalue weighted by atomic mass is 10.2. The highest BCUT2D eigenvalue weighted by molar-refractivity contribution is 9.10. The molecule has 2 amide bonds. The molecule has 0 aliphatic carbocycles. The van der Waals surface area contributed by atoms with Crippen LogP contribution >= 0.6 is 27.3 Å². The highest BCUT2D eigenvalue weighted by Gasteiger charge is 2.17. The molecular formula is C14H16BrN3O2S. The van der Waals surface area contributed by atoms with E-state index in [0.717, 1.165) is 14.6 Å². The molecule has 1 heterocycles. The summed E-state index contributed by atoms with van der Waals surface area (Å²) in [6.45, 7) is 2.73. The smallest absolute Gasteiger partial charge is 0.263 e. The van der Waals surface area contributed by atoms with Crippen molar-refractivity contribution in [3.63, 3.8) is 0 Å². The van der Waals surface area contributed by atoms with Crippen LogP contribution in [0.3, 0.4) is 0 Å². The molecule has 0 aliphatic rings. The van der Waals surface area contributed by atoms with Crippen LogP contribution in [0.1, 0.15) is 23.0 Å². The number of thiophene rings is 1. The molecule has 0 aliphatic heterocycles. The number of hydrogen-bond donors (Lipinski definition) is 3. The fourth-order valence-corrected chi connectivity index (χ4v) is 3.73. The van der Waals surface area contributed by atoms with Gasteiger partial charge >= 0.3 is 0 Å². The van der Waals surface area contributed by atoms with E-state index in [1.165, 1.54) is 11.3 Å². The first kappa shape index (κ1) is 15.8. The van der Waals surface area contributed by atoms with Gasteiger partial charge in [0.1, 0.15) is 4.88 Å². The van der Waals surface area contributed by atoms with E-state index in [1.807, 2.05) is 25.1 Å². The van der Waals surface area contributed by atoms with Crippen molar-refractivity contribution in [3.05, 3.63) is 27.5 Å². The number of rotatable bonds is 5. The van der Waals surface area contributed by atoms with Crippen LogP contribution in [-0.4, -0.2) is 24.9 Å². The summed E-state index contributed by atoms with van der Waals surface area (Å²) in [6.07, 6.45) is 0.258. The first-order valence-corrected chi connectivity index (χ1v) is 8.17. The third-order valence-corrected chi connectivity index (χ3v) is 4.75. The lowest BCUT2D eigenvalue weighted by Crippen LogP contribution is -2.30. The minimum atomic E-state index is -0.245. The normalized spacial score (nSPS) is 10.6. The van der Waals surface area contributed by atoms with Gasteiger partial charge in [-0.3, -0.25) is 9.59 Å². The summed E-state index contributed by atoms with van der Waals surface area (Å²) in [6, 6.07) is 5.72. The Hall–Kier alpha value is -1.60. The number of nitrogens with two attached hydrogens (primary N) is 1. The summed E-state index contributed by atoms with van der Waals surface area (Å²) in [5.41, 5.74) is 6.53. The van der Waals surface area contributed by atoms with Crippen molar-refractivity contribution in [1.29, 1.82) is 0 Å². The topological polar surface area (TPSA) is 84.2 Å². The maximum Gasteiger partial charge on any atom is 0.263 e. The number of benzene rings is 1. The molecule has 4 N–H and O–H groups in total. The van der Waals surface area contributed by atoms with E-state index in [9.17, 15) is 9.59 Å². The number of fused-ring (bicyclic) bond motifs is 1. The lowest BCUT2D eigenvalue weighted by molar-refractivity contribution is -0.120. The quantitative estimate of drug-likeness (QED) is 0.756. The van der Waals surface area contributed by atoms with Gasteiger partial charge in [0.2, 0.25) is 5.91 Å². The third-order valence-electron chi connectivity index (χ3n) is 2.92. The largest absolute Gasteiger partial charge is 0.397 e. The predicted molar refractivity (Wildman–Crippen MR) is 89.6 cm³/mol. The molecule has 21 heavy (non-hydrogen) atoms. The van der Waals surface area contributed by atoms with Gasteiger partial charge in [0, 0.05) is 34.1 Å². The molecule has 0 saturated carbocycles. The Balaban J connectivity index is 2.08. The third kappa shape index (κ3) is 3.54. The molecule has 0 spiro atoms. The van der Waals surface area contributed by atoms with Gasteiger partial charge in [-0.15, -0.1) is 11.3 Å². The van der Waals surface area contributed by atoms with Crippen molar-refractivity contribution in [2.24, 2.45) is 0 Å². The van der Waals surface area contributed by atoms with E-state index in [0.29, 0.717) is 23.7 Å². The van der Waals surface area contributed by atoms with Gasteiger partial charge in [-0.25, -0.2) is 0 Å². The molecule has 0 fully saturated rings. The van der Waals surface area contributed by atoms with Crippen LogP contribution in [-0.2, 0) is 4.79 Å². The van der Waals surface area contributed by atoms with Crippen LogP contribution in [0.2, 0.25) is 0 Å². The van der Waals surface area contributed by atoms with Gasteiger partial charge in [-0.1, -0.05) is 22.0 Å². The second kappa shape index (κ2) is 6.91. The van der Waals surface area contributed by atoms with Crippen LogP contribution in [0.25, 0.3) is 10.1 Å². The van der Waals surface area contributed by atoms with Crippen molar-refractivity contribution in [3.8, 4) is 0 Å². The van der Waals surface area contributed by atoms with Crippen molar-refractivity contribution >= 4 is 54.9 Å². The minimum absolute atomic E-state index is 0.0788. The molecule has 0 bridgehead atoms. The van der Waals surface area contributed by atoms with Crippen LogP contribution in [0, 0.1) is 0 Å². The van der Waals surface area contributed by atoms with E-state index < -0.39 is 0 Å². The number of halogens is 1. The average molecular weight is 370 g/mol. The molecule has 1 aromatic heterocycles. The van der Waals surface area contributed by atoms with Crippen LogP contribution in [0.15, 0.2) is 22.7 Å². The summed E-state index contributed by atoms with van der Waals surface area (Å²) < 4.78 is 1.82. The Morgan fingerprint density at radius 3 is 2.76 bits per heavy atom. The number of carbonyl (C=O) groups is 2. The SMILES string of the molecule is CCNC(=O)CCNC(=O)c1sc2cccc(Br)c2c1N. The summed E-state index contributed by atoms with van der Waals surface area (Å²) in [7, 11) is 0. The second-order valence-corrected chi connectivity index (χ2v) is 6.32. The molecule has 112 valence electrons. The van der Waals surface area contributed by atoms with Gasteiger partial charge in [0.15, 0.2) is 0 Å². The molecule has 0 atom stereocenters. The fourth-order valence-electron chi connectivity index (χ4n) is 1.95. The number of nitrogen functional groups attached to an aromatic ring is 1. The maximum atomic E-state index is 12.2. The molecule has 1 aromatic carbocycles. The van der Waals surface area contributed by atoms with E-state index in [2.05, 4.69) is 26.6 Å². The summed E-state index contributed by atoms with van der Waals surface area (Å²) in [5, 5.41) is 6.26. The number of amides is 2. The van der Waals surface area contributed by atoms with E-state index in [4.69, 9.17) is 5.73 Å². The Labute approximate surface area is 135 Å². The summed E-state index contributed by atoms with van der Waals surface area (Å²) >= 11 is 4.79. The van der Waals surface area contributed by atoms with Gasteiger partial charge in [0.25, 0.3) is 5.91 Å². The van der Waals surface area contributed by atoms with E-state index in [-0.39, 0.29) is 18.2 Å². The Bertz CT molecular complexity index is 684. The molecule has 2 aromatic rings. The van der Waals surface area contributed by atoms with E-state index in [1.54, 1.807) is 0 Å². The highest BCUT2D eigenvalue weighted by Crippen LogP contribution is 2.37. The second-order valence-electron chi connectivity index (χ2n) is 4.42. The molecule has 2 rings (SSSR count). The van der Waals surface area contributed by atoms with E-state index >= 15 is 0 Å². The highest BCUT2D eigenvalue weighted by atomic mass is 79.9. The zero-order chi connectivity index (χ0) is 15.4. The summed E-state index contributed by atoms with van der Waals surface area (Å²) in [5.74, 6) is -0.324. The summed E-state index contributed by atoms with van der Waals surface area (Å²) in [4.78, 5) is 24.0. The minimum Gasteiger partial charge on any atom is -0.397 e. The van der Waals surface area contributed by atoms with Crippen LogP contribution in [0.4, 0.5) is 5.69 Å². The molecular weight excluding hydrogens is 354 g/mol. The van der Waals surface area contributed by atoms with Crippen LogP contribution in [0.5, 0.6) is 0 Å². The van der Waals surface area contributed by atoms with Gasteiger partial charge in [-0.2, -0.15) is 0 Å². The maximum absolute atomic E-state index is 12.2. The monoisotopic (exact) mass is 369 g/mol. The zero-order valence-corrected chi connectivity index (χ0v) is 13.9. The number of hydrogen-bond acceptors (Lipinski definition) is 4. The fraction of sp³-hybridized carbons (Fsp3) is 0.286. The van der Waals surface area contributed by atoms with Crippen molar-refractivity contribution in [1.82, 2.24) is 10.6 Å². The molecule has 0 saturated heterocycles. The predicted octanol–water partition coefficient (Wildman–Crippen LogP) is 2.50. The number of anilines is 1. The van der Waals surface area contributed by atoms with Crippen molar-refractivity contribution in [2.75, 3.05) is 18.8 Å². The van der Waals surface area contributed by atoms with Crippen molar-refractivity contribution < 1.29 is 9.59 Å². The van der Waals surface area contributed by atoms with Crippen LogP contribution < -0.4 is 16.4 Å². The Morgan fingerprint density at radius 2 is 2.10 bits per heavy atom. The Morgan fingerprint density at radius 1 is 1.33 bits per heavy atom. The first-order chi connectivity index (χ1) is 10.0. The molecule has 0 unspecified atom stereocenters. The average Bonchev–Trinajstić information content (AvgIpc) is 2.78. The zero-order valence-electron chi connectivity index (χ0n) is 11.5.